The summed E-state index contributed by atoms with van der Waals surface area (Å²) in [4.78, 5) is 15.0. The molecule has 59 heavy (non-hydrogen) atoms. The van der Waals surface area contributed by atoms with Crippen molar-refractivity contribution in [3.8, 4) is 11.4 Å². The van der Waals surface area contributed by atoms with Crippen LogP contribution in [0.3, 0.4) is 0 Å². The van der Waals surface area contributed by atoms with E-state index in [0.29, 0.717) is 5.39 Å². The molecule has 0 spiro atoms. The number of methoxy groups -OCH3 is 1. The summed E-state index contributed by atoms with van der Waals surface area (Å²) >= 11 is 0. The molecule has 0 amide bonds. The van der Waals surface area contributed by atoms with Gasteiger partial charge in [0, 0.05) is 10.8 Å². The number of hydrogen-bond donors (Lipinski definition) is 1. The summed E-state index contributed by atoms with van der Waals surface area (Å²) in [5.41, 5.74) is -0.409. The topological polar surface area (TPSA) is 286 Å². The fraction of sp³-hybridized carbons (Fsp3) is 0.0857. The Bertz CT molecular complexity index is 3020. The molecule has 0 aliphatic heterocycles. The number of carbonyl (C=O) groups is 1. The number of benzene rings is 5. The Morgan fingerprint density at radius 3 is 1.95 bits per heavy atom. The Labute approximate surface area is 403 Å². The molecule has 24 heteroatoms. The minimum Gasteiger partial charge on any atom is -0.860 e. The number of ether oxygens (including phenoxy) is 1. The molecule has 1 N–H and O–H groups in total. The van der Waals surface area contributed by atoms with Crippen molar-refractivity contribution < 1.29 is 142 Å². The third-order valence-electron chi connectivity index (χ3n) is 8.06. The SMILES string of the molecule is COc1ccccc1N=C([O-])C(N=Nc1ccc(/C=C/c2ccc(-n3nc4cc(S(=O)(=O)O)c5ccccc5c4n3)cc2S(=O)(=O)[O-])c(S(=O)(=O)[O-])c1)C(C)=O.[Na+].[Na+].[Na+]. The van der Waals surface area contributed by atoms with Crippen molar-refractivity contribution in [1.82, 2.24) is 15.0 Å². The van der Waals surface area contributed by atoms with Gasteiger partial charge in [-0.25, -0.2) is 16.8 Å². The zero-order chi connectivity index (χ0) is 40.6. The van der Waals surface area contributed by atoms with Crippen LogP contribution in [0.25, 0.3) is 39.6 Å². The van der Waals surface area contributed by atoms with Crippen molar-refractivity contribution >= 4 is 87.4 Å². The van der Waals surface area contributed by atoms with Crippen LogP contribution in [0.2, 0.25) is 0 Å². The molecule has 0 aliphatic carbocycles. The number of ketones is 1. The van der Waals surface area contributed by atoms with E-state index in [1.807, 2.05) is 0 Å². The standard InChI is InChI=1S/C35H28N6O12S3.3Na/c1-20(42)33(35(43)36-27-9-5-6-10-29(27)53-2)38-37-23-15-13-21(30(17-23)54(44,45)46)11-12-22-14-16-24(18-31(22)55(47,48)49)41-39-28-19-32(56(50,51)52)25-7-3-4-8-26(25)34(28)40-41;;;/h3-19,33H,1-2H3,(H,36,43)(H,44,45,46)(H,47,48,49)(H,50,51,52);;;/q;3*+1/p-3/b12-11+,38-37?;;;. The molecule has 0 radical (unpaired) electrons. The van der Waals surface area contributed by atoms with Crippen LogP contribution in [0.15, 0.2) is 121 Å². The minimum atomic E-state index is -5.22. The van der Waals surface area contributed by atoms with Gasteiger partial charge in [-0.2, -0.15) is 23.4 Å². The predicted molar refractivity (Wildman–Crippen MR) is 197 cm³/mol. The second-order valence-corrected chi connectivity index (χ2v) is 15.9. The van der Waals surface area contributed by atoms with Gasteiger partial charge < -0.3 is 18.9 Å². The molecule has 1 atom stereocenters. The third kappa shape index (κ3) is 11.6. The van der Waals surface area contributed by atoms with E-state index in [1.165, 1.54) is 37.4 Å². The summed E-state index contributed by atoms with van der Waals surface area (Å²) in [6.45, 7) is 1.07. The second kappa shape index (κ2) is 20.1. The van der Waals surface area contributed by atoms with Gasteiger partial charge >= 0.3 is 88.7 Å². The summed E-state index contributed by atoms with van der Waals surface area (Å²) in [6, 6.07) is 18.4. The molecule has 1 aromatic heterocycles. The van der Waals surface area contributed by atoms with Gasteiger partial charge in [-0.1, -0.05) is 60.7 Å². The molecule has 6 aromatic rings. The molecule has 1 unspecified atom stereocenters. The molecule has 0 bridgehead atoms. The van der Waals surface area contributed by atoms with Crippen LogP contribution < -0.4 is 98.5 Å². The molecule has 5 aromatic carbocycles. The fourth-order valence-corrected chi connectivity index (χ4v) is 7.59. The Morgan fingerprint density at radius 1 is 0.780 bits per heavy atom. The zero-order valence-electron chi connectivity index (χ0n) is 31.7. The molecule has 6 rings (SSSR count). The van der Waals surface area contributed by atoms with Crippen LogP contribution in [-0.2, 0) is 35.1 Å². The van der Waals surface area contributed by atoms with E-state index >= 15 is 0 Å². The van der Waals surface area contributed by atoms with Crippen LogP contribution in [0.1, 0.15) is 18.1 Å². The van der Waals surface area contributed by atoms with Crippen LogP contribution in [-0.4, -0.2) is 78.7 Å². The normalized spacial score (nSPS) is 12.9. The quantitative estimate of drug-likeness (QED) is 0.0301. The number of para-hydroxylation sites is 2. The minimum absolute atomic E-state index is 0. The number of Topliss-reactive ketones (excluding diaryl/α,β-unsaturated/α-hetero) is 1. The Hall–Kier alpha value is -3.23. The van der Waals surface area contributed by atoms with Crippen LogP contribution in [0.5, 0.6) is 5.75 Å². The van der Waals surface area contributed by atoms with Gasteiger partial charge in [0.15, 0.2) is 11.8 Å². The molecule has 0 aliphatic rings. The molecule has 0 saturated heterocycles. The summed E-state index contributed by atoms with van der Waals surface area (Å²) < 4.78 is 113. The first-order valence-corrected chi connectivity index (χ1v) is 20.1. The van der Waals surface area contributed by atoms with E-state index in [9.17, 15) is 48.8 Å². The molecular weight excluding hydrogens is 862 g/mol. The van der Waals surface area contributed by atoms with Gasteiger partial charge in [-0.05, 0) is 66.4 Å². The van der Waals surface area contributed by atoms with Crippen molar-refractivity contribution in [2.24, 2.45) is 15.2 Å². The van der Waals surface area contributed by atoms with Gasteiger partial charge in [0.05, 0.1) is 28.3 Å². The number of rotatable bonds is 12. The summed E-state index contributed by atoms with van der Waals surface area (Å²) in [6.07, 6.45) is 2.13. The van der Waals surface area contributed by atoms with E-state index in [-0.39, 0.29) is 139 Å². The van der Waals surface area contributed by atoms with Crippen LogP contribution in [0.4, 0.5) is 11.4 Å². The van der Waals surface area contributed by atoms with E-state index in [0.717, 1.165) is 48.1 Å². The van der Waals surface area contributed by atoms with Gasteiger partial charge in [-0.15, -0.1) is 10.2 Å². The number of aliphatic imine (C=N–C) groups is 1. The van der Waals surface area contributed by atoms with Crippen molar-refractivity contribution in [3.05, 3.63) is 102 Å². The van der Waals surface area contributed by atoms with Crippen LogP contribution >= 0.6 is 0 Å². The van der Waals surface area contributed by atoms with Crippen molar-refractivity contribution in [3.63, 3.8) is 0 Å². The first-order chi connectivity index (χ1) is 26.3. The van der Waals surface area contributed by atoms with E-state index in [2.05, 4.69) is 25.4 Å². The number of nitrogens with zero attached hydrogens (tertiary/aromatic N) is 6. The van der Waals surface area contributed by atoms with Gasteiger partial charge in [-0.3, -0.25) is 14.3 Å². The van der Waals surface area contributed by atoms with Gasteiger partial charge in [0.1, 0.15) is 47.6 Å². The number of fused-ring (bicyclic) bond motifs is 3. The zero-order valence-corrected chi connectivity index (χ0v) is 40.2. The molecule has 0 saturated carbocycles. The molecule has 1 heterocycles. The fourth-order valence-electron chi connectivity index (χ4n) is 5.49. The Kier molecular flexibility index (Phi) is 17.1. The molecule has 18 nitrogen and oxygen atoms in total. The summed E-state index contributed by atoms with van der Waals surface area (Å²) in [7, 11) is -13.8. The Morgan fingerprint density at radius 2 is 1.36 bits per heavy atom. The van der Waals surface area contributed by atoms with E-state index in [1.54, 1.807) is 36.4 Å². The summed E-state index contributed by atoms with van der Waals surface area (Å²) in [5, 5.41) is 29.4. The smallest absolute Gasteiger partial charge is 0.860 e. The largest absolute Gasteiger partial charge is 1.00 e. The average Bonchev–Trinajstić information content (AvgIpc) is 3.58. The van der Waals surface area contributed by atoms with Crippen molar-refractivity contribution in [2.75, 3.05) is 7.11 Å². The molecule has 0 fully saturated rings. The van der Waals surface area contributed by atoms with E-state index < -0.39 is 62.8 Å². The van der Waals surface area contributed by atoms with Crippen molar-refractivity contribution in [1.29, 1.82) is 0 Å². The van der Waals surface area contributed by atoms with Gasteiger partial charge in [0.2, 0.25) is 0 Å². The summed E-state index contributed by atoms with van der Waals surface area (Å²) in [5.74, 6) is -1.48. The molecule has 288 valence electrons. The third-order valence-corrected chi connectivity index (χ3v) is 10.7. The average molecular weight is 887 g/mol. The predicted octanol–water partition coefficient (Wildman–Crippen LogP) is -5.05. The Balaban J connectivity index is 0.00000310. The maximum atomic E-state index is 12.8. The van der Waals surface area contributed by atoms with E-state index in [4.69, 9.17) is 4.74 Å². The maximum Gasteiger partial charge on any atom is 1.00 e. The van der Waals surface area contributed by atoms with Crippen LogP contribution in [0, 0.1) is 0 Å². The number of hydrogen-bond acceptors (Lipinski definition) is 16. The van der Waals surface area contributed by atoms with Gasteiger partial charge in [0.25, 0.3) is 10.1 Å². The monoisotopic (exact) mass is 886 g/mol. The number of azo groups is 1. The second-order valence-electron chi connectivity index (χ2n) is 11.8. The van der Waals surface area contributed by atoms with Crippen molar-refractivity contribution in [2.45, 2.75) is 27.7 Å². The first-order valence-electron chi connectivity index (χ1n) is 15.8. The molecular formula is C35H25N6Na3O12S3. The first kappa shape index (κ1) is 50.1. The number of carbonyl (C=O) groups excluding carboxylic acids is 1. The maximum absolute atomic E-state index is 12.8. The number of aromatic nitrogens is 3.